The Morgan fingerprint density at radius 3 is 2.75 bits per heavy atom. The minimum atomic E-state index is -0.508. The van der Waals surface area contributed by atoms with E-state index in [4.69, 9.17) is 9.26 Å². The summed E-state index contributed by atoms with van der Waals surface area (Å²) >= 11 is 0. The van der Waals surface area contributed by atoms with E-state index in [0.29, 0.717) is 28.8 Å². The Hall–Kier alpha value is -2.96. The van der Waals surface area contributed by atoms with E-state index in [1.54, 1.807) is 13.8 Å². The van der Waals surface area contributed by atoms with Gasteiger partial charge < -0.3 is 9.26 Å². The minimum absolute atomic E-state index is 0.241. The lowest BCUT2D eigenvalue weighted by Crippen LogP contribution is -2.29. The van der Waals surface area contributed by atoms with Gasteiger partial charge in [0.2, 0.25) is 0 Å². The molecule has 7 heteroatoms. The molecule has 0 fully saturated rings. The zero-order chi connectivity index (χ0) is 17.1. The van der Waals surface area contributed by atoms with E-state index >= 15 is 0 Å². The second-order valence-corrected chi connectivity index (χ2v) is 5.35. The standard InChI is InChI=1S/C17H17N3O4/c1-3-23-14(21)10-20-17(22)15-11(2)19-24-16(15)13(18-20)9-12-7-5-4-6-8-12/h4-8H,3,9-10H2,1-2H3. The van der Waals surface area contributed by atoms with Gasteiger partial charge in [-0.1, -0.05) is 35.5 Å². The van der Waals surface area contributed by atoms with Crippen LogP contribution in [0.2, 0.25) is 0 Å². The molecule has 2 heterocycles. The number of carbonyl (C=O) groups excluding carboxylic acids is 1. The summed E-state index contributed by atoms with van der Waals surface area (Å²) in [6, 6.07) is 9.68. The number of esters is 1. The number of carbonyl (C=O) groups is 1. The van der Waals surface area contributed by atoms with Crippen molar-refractivity contribution in [3.63, 3.8) is 0 Å². The average Bonchev–Trinajstić information content (AvgIpc) is 2.95. The molecule has 0 saturated heterocycles. The van der Waals surface area contributed by atoms with E-state index in [1.807, 2.05) is 30.3 Å². The molecule has 0 unspecified atom stereocenters. The molecule has 1 aromatic carbocycles. The molecule has 3 aromatic rings. The molecule has 0 N–H and O–H groups in total. The predicted octanol–water partition coefficient (Wildman–Crippen LogP) is 1.85. The molecule has 0 amide bonds. The SMILES string of the molecule is CCOC(=O)Cn1nc(Cc2ccccc2)c2onc(C)c2c1=O. The fraction of sp³-hybridized carbons (Fsp3) is 0.294. The Morgan fingerprint density at radius 2 is 2.04 bits per heavy atom. The summed E-state index contributed by atoms with van der Waals surface area (Å²) in [4.78, 5) is 24.3. The number of rotatable bonds is 5. The fourth-order valence-electron chi connectivity index (χ4n) is 2.53. The third kappa shape index (κ3) is 3.05. The largest absolute Gasteiger partial charge is 0.465 e. The smallest absolute Gasteiger partial charge is 0.327 e. The van der Waals surface area contributed by atoms with Gasteiger partial charge in [-0.25, -0.2) is 4.68 Å². The topological polar surface area (TPSA) is 87.2 Å². The average molecular weight is 327 g/mol. The van der Waals surface area contributed by atoms with E-state index in [0.717, 1.165) is 10.2 Å². The van der Waals surface area contributed by atoms with Crippen LogP contribution in [-0.4, -0.2) is 27.5 Å². The molecule has 0 radical (unpaired) electrons. The number of nitrogens with zero attached hydrogens (tertiary/aromatic N) is 3. The van der Waals surface area contributed by atoms with E-state index < -0.39 is 11.5 Å². The van der Waals surface area contributed by atoms with E-state index in [-0.39, 0.29) is 13.2 Å². The lowest BCUT2D eigenvalue weighted by atomic mass is 10.1. The number of aryl methyl sites for hydroxylation is 1. The summed E-state index contributed by atoms with van der Waals surface area (Å²) in [6.07, 6.45) is 0.467. The van der Waals surface area contributed by atoms with Crippen molar-refractivity contribution in [1.82, 2.24) is 14.9 Å². The van der Waals surface area contributed by atoms with Gasteiger partial charge >= 0.3 is 5.97 Å². The van der Waals surface area contributed by atoms with Crippen LogP contribution in [0.3, 0.4) is 0 Å². The third-order valence-electron chi connectivity index (χ3n) is 3.61. The van der Waals surface area contributed by atoms with Crippen LogP contribution >= 0.6 is 0 Å². The summed E-state index contributed by atoms with van der Waals surface area (Å²) in [7, 11) is 0. The van der Waals surface area contributed by atoms with Gasteiger partial charge in [0.05, 0.1) is 12.3 Å². The van der Waals surface area contributed by atoms with Crippen molar-refractivity contribution in [2.75, 3.05) is 6.61 Å². The normalized spacial score (nSPS) is 10.9. The highest BCUT2D eigenvalue weighted by molar-refractivity contribution is 5.80. The molecule has 0 atom stereocenters. The quantitative estimate of drug-likeness (QED) is 0.665. The lowest BCUT2D eigenvalue weighted by Gasteiger charge is -2.08. The molecule has 0 aliphatic rings. The molecule has 0 bridgehead atoms. The van der Waals surface area contributed by atoms with Gasteiger partial charge in [0.15, 0.2) is 5.58 Å². The van der Waals surface area contributed by atoms with Gasteiger partial charge in [0.25, 0.3) is 5.56 Å². The molecular formula is C17H17N3O4. The van der Waals surface area contributed by atoms with Crippen LogP contribution in [0.15, 0.2) is 39.6 Å². The van der Waals surface area contributed by atoms with Crippen LogP contribution in [-0.2, 0) is 22.5 Å². The molecular weight excluding hydrogens is 310 g/mol. The van der Waals surface area contributed by atoms with Crippen molar-refractivity contribution in [1.29, 1.82) is 0 Å². The summed E-state index contributed by atoms with van der Waals surface area (Å²) in [5.41, 5.74) is 2.00. The second kappa shape index (κ2) is 6.66. The highest BCUT2D eigenvalue weighted by Crippen LogP contribution is 2.19. The zero-order valence-corrected chi connectivity index (χ0v) is 13.5. The number of ether oxygens (including phenoxy) is 1. The van der Waals surface area contributed by atoms with Crippen molar-refractivity contribution >= 4 is 16.9 Å². The number of hydrogen-bond donors (Lipinski definition) is 0. The van der Waals surface area contributed by atoms with Gasteiger partial charge in [-0.2, -0.15) is 5.10 Å². The summed E-state index contributed by atoms with van der Waals surface area (Å²) in [5, 5.41) is 8.52. The van der Waals surface area contributed by atoms with Crippen molar-refractivity contribution in [3.05, 3.63) is 57.6 Å². The number of aromatic nitrogens is 3. The third-order valence-corrected chi connectivity index (χ3v) is 3.61. The lowest BCUT2D eigenvalue weighted by molar-refractivity contribution is -0.144. The summed E-state index contributed by atoms with van der Waals surface area (Å²) in [5.74, 6) is -0.508. The molecule has 2 aromatic heterocycles. The Balaban J connectivity index is 2.09. The van der Waals surface area contributed by atoms with Crippen LogP contribution in [0.5, 0.6) is 0 Å². The van der Waals surface area contributed by atoms with Crippen LogP contribution in [0.4, 0.5) is 0 Å². The highest BCUT2D eigenvalue weighted by Gasteiger charge is 2.19. The van der Waals surface area contributed by atoms with Gasteiger partial charge in [-0.3, -0.25) is 9.59 Å². The van der Waals surface area contributed by atoms with Gasteiger partial charge in [0, 0.05) is 6.42 Å². The Labute approximate surface area is 137 Å². The first kappa shape index (κ1) is 15.9. The van der Waals surface area contributed by atoms with Crippen LogP contribution < -0.4 is 5.56 Å². The van der Waals surface area contributed by atoms with E-state index in [9.17, 15) is 9.59 Å². The summed E-state index contributed by atoms with van der Waals surface area (Å²) in [6.45, 7) is 3.41. The van der Waals surface area contributed by atoms with Gasteiger partial charge in [-0.15, -0.1) is 0 Å². The molecule has 0 aliphatic heterocycles. The van der Waals surface area contributed by atoms with E-state index in [2.05, 4.69) is 10.3 Å². The molecule has 124 valence electrons. The monoisotopic (exact) mass is 327 g/mol. The van der Waals surface area contributed by atoms with Gasteiger partial charge in [-0.05, 0) is 19.4 Å². The van der Waals surface area contributed by atoms with Gasteiger partial charge in [0.1, 0.15) is 17.6 Å². The second-order valence-electron chi connectivity index (χ2n) is 5.35. The molecule has 0 saturated carbocycles. The van der Waals surface area contributed by atoms with Crippen LogP contribution in [0.1, 0.15) is 23.9 Å². The predicted molar refractivity (Wildman–Crippen MR) is 86.7 cm³/mol. The Morgan fingerprint density at radius 1 is 1.29 bits per heavy atom. The maximum atomic E-state index is 12.5. The number of fused-ring (bicyclic) bond motifs is 1. The van der Waals surface area contributed by atoms with Crippen molar-refractivity contribution in [2.24, 2.45) is 0 Å². The molecule has 3 rings (SSSR count). The van der Waals surface area contributed by atoms with Crippen molar-refractivity contribution in [3.8, 4) is 0 Å². The highest BCUT2D eigenvalue weighted by atomic mass is 16.5. The first-order chi connectivity index (χ1) is 11.6. The molecule has 0 aliphatic carbocycles. The molecule has 0 spiro atoms. The van der Waals surface area contributed by atoms with Crippen molar-refractivity contribution < 1.29 is 14.1 Å². The fourth-order valence-corrected chi connectivity index (χ4v) is 2.53. The number of hydrogen-bond acceptors (Lipinski definition) is 6. The molecule has 24 heavy (non-hydrogen) atoms. The van der Waals surface area contributed by atoms with E-state index in [1.165, 1.54) is 0 Å². The first-order valence-electron chi connectivity index (χ1n) is 7.65. The molecule has 7 nitrogen and oxygen atoms in total. The Bertz CT molecular complexity index is 928. The maximum absolute atomic E-state index is 12.5. The van der Waals surface area contributed by atoms with Crippen molar-refractivity contribution in [2.45, 2.75) is 26.8 Å². The maximum Gasteiger partial charge on any atom is 0.327 e. The first-order valence-corrected chi connectivity index (χ1v) is 7.65. The zero-order valence-electron chi connectivity index (χ0n) is 13.5. The van der Waals surface area contributed by atoms with Crippen LogP contribution in [0, 0.1) is 6.92 Å². The number of benzene rings is 1. The Kier molecular flexibility index (Phi) is 4.41. The summed E-state index contributed by atoms with van der Waals surface area (Å²) < 4.78 is 11.3. The minimum Gasteiger partial charge on any atom is -0.465 e. The van der Waals surface area contributed by atoms with Crippen LogP contribution in [0.25, 0.3) is 11.0 Å².